The number of nitrogens with two attached hydrogens (primary N) is 1. The highest BCUT2D eigenvalue weighted by Crippen LogP contribution is 2.09. The van der Waals surface area contributed by atoms with E-state index in [4.69, 9.17) is 10.8 Å². The number of benzene rings is 1. The summed E-state index contributed by atoms with van der Waals surface area (Å²) in [5, 5.41) is 11.6. The SMILES string of the molecule is CCC(C)C(NC(=O)/C=C/c1cccc(N)c1)C(=O)O. The first-order valence-corrected chi connectivity index (χ1v) is 6.51. The van der Waals surface area contributed by atoms with E-state index >= 15 is 0 Å². The zero-order chi connectivity index (χ0) is 15.1. The van der Waals surface area contributed by atoms with Crippen LogP contribution in [0, 0.1) is 5.92 Å². The molecule has 2 atom stereocenters. The maximum Gasteiger partial charge on any atom is 0.326 e. The Morgan fingerprint density at radius 3 is 2.70 bits per heavy atom. The maximum absolute atomic E-state index is 11.7. The summed E-state index contributed by atoms with van der Waals surface area (Å²) in [4.78, 5) is 22.8. The lowest BCUT2D eigenvalue weighted by Gasteiger charge is -2.19. The van der Waals surface area contributed by atoms with Gasteiger partial charge in [0.2, 0.25) is 5.91 Å². The molecule has 5 heteroatoms. The highest BCUT2D eigenvalue weighted by Gasteiger charge is 2.24. The fourth-order valence-electron chi connectivity index (χ4n) is 1.72. The van der Waals surface area contributed by atoms with Gasteiger partial charge in [-0.05, 0) is 29.7 Å². The highest BCUT2D eigenvalue weighted by atomic mass is 16.4. The summed E-state index contributed by atoms with van der Waals surface area (Å²) in [6, 6.07) is 6.20. The smallest absolute Gasteiger partial charge is 0.326 e. The summed E-state index contributed by atoms with van der Waals surface area (Å²) in [6.45, 7) is 3.68. The molecule has 1 aromatic carbocycles. The lowest BCUT2D eigenvalue weighted by atomic mass is 9.99. The Labute approximate surface area is 118 Å². The molecule has 108 valence electrons. The number of carboxylic acids is 1. The normalized spacial score (nSPS) is 13.9. The van der Waals surface area contributed by atoms with E-state index in [1.807, 2.05) is 13.0 Å². The molecule has 0 saturated heterocycles. The summed E-state index contributed by atoms with van der Waals surface area (Å²) >= 11 is 0. The van der Waals surface area contributed by atoms with Crippen molar-refractivity contribution in [2.24, 2.45) is 5.92 Å². The van der Waals surface area contributed by atoms with Crippen LogP contribution in [0.25, 0.3) is 6.08 Å². The number of amides is 1. The van der Waals surface area contributed by atoms with Crippen LogP contribution in [0.15, 0.2) is 30.3 Å². The molecule has 0 aliphatic heterocycles. The molecule has 2 unspecified atom stereocenters. The van der Waals surface area contributed by atoms with Crippen LogP contribution in [0.3, 0.4) is 0 Å². The fourth-order valence-corrected chi connectivity index (χ4v) is 1.72. The number of nitrogen functional groups attached to an aromatic ring is 1. The molecule has 4 N–H and O–H groups in total. The van der Waals surface area contributed by atoms with E-state index in [2.05, 4.69) is 5.32 Å². The van der Waals surface area contributed by atoms with Crippen LogP contribution in [0.5, 0.6) is 0 Å². The van der Waals surface area contributed by atoms with Gasteiger partial charge >= 0.3 is 5.97 Å². The molecule has 0 aliphatic rings. The van der Waals surface area contributed by atoms with E-state index in [-0.39, 0.29) is 5.92 Å². The van der Waals surface area contributed by atoms with Crippen molar-refractivity contribution in [1.29, 1.82) is 0 Å². The van der Waals surface area contributed by atoms with Gasteiger partial charge in [-0.25, -0.2) is 4.79 Å². The van der Waals surface area contributed by atoms with Crippen molar-refractivity contribution in [1.82, 2.24) is 5.32 Å². The molecule has 0 aliphatic carbocycles. The largest absolute Gasteiger partial charge is 0.480 e. The average molecular weight is 276 g/mol. The molecule has 0 radical (unpaired) electrons. The van der Waals surface area contributed by atoms with Gasteiger partial charge in [0.25, 0.3) is 0 Å². The molecule has 5 nitrogen and oxygen atoms in total. The van der Waals surface area contributed by atoms with E-state index in [0.717, 1.165) is 5.56 Å². The second kappa shape index (κ2) is 7.33. The number of hydrogen-bond acceptors (Lipinski definition) is 3. The van der Waals surface area contributed by atoms with Gasteiger partial charge in [-0.1, -0.05) is 32.4 Å². The zero-order valence-corrected chi connectivity index (χ0v) is 11.7. The Bertz CT molecular complexity index is 512. The minimum absolute atomic E-state index is 0.128. The van der Waals surface area contributed by atoms with Crippen LogP contribution in [-0.4, -0.2) is 23.0 Å². The quantitative estimate of drug-likeness (QED) is 0.546. The topological polar surface area (TPSA) is 92.4 Å². The van der Waals surface area contributed by atoms with Crippen molar-refractivity contribution in [2.45, 2.75) is 26.3 Å². The third-order valence-electron chi connectivity index (χ3n) is 3.11. The number of hydrogen-bond donors (Lipinski definition) is 3. The van der Waals surface area contributed by atoms with Crippen LogP contribution in [0.1, 0.15) is 25.8 Å². The van der Waals surface area contributed by atoms with Gasteiger partial charge in [0.15, 0.2) is 0 Å². The van der Waals surface area contributed by atoms with Crippen LogP contribution in [0.4, 0.5) is 5.69 Å². The molecule has 0 heterocycles. The van der Waals surface area contributed by atoms with Crippen molar-refractivity contribution < 1.29 is 14.7 Å². The minimum Gasteiger partial charge on any atom is -0.480 e. The molecule has 0 aromatic heterocycles. The Kier molecular flexibility index (Phi) is 5.77. The van der Waals surface area contributed by atoms with E-state index < -0.39 is 17.9 Å². The van der Waals surface area contributed by atoms with E-state index in [0.29, 0.717) is 12.1 Å². The minimum atomic E-state index is -1.02. The average Bonchev–Trinajstić information content (AvgIpc) is 2.41. The summed E-state index contributed by atoms with van der Waals surface area (Å²) in [5.74, 6) is -1.58. The first-order valence-electron chi connectivity index (χ1n) is 6.51. The first-order chi connectivity index (χ1) is 9.43. The van der Waals surface area contributed by atoms with Crippen LogP contribution < -0.4 is 11.1 Å². The standard InChI is InChI=1S/C15H20N2O3/c1-3-10(2)14(15(19)20)17-13(18)8-7-11-5-4-6-12(16)9-11/h4-10,14H,3,16H2,1-2H3,(H,17,18)(H,19,20)/b8-7+. The lowest BCUT2D eigenvalue weighted by Crippen LogP contribution is -2.44. The third-order valence-corrected chi connectivity index (χ3v) is 3.11. The van der Waals surface area contributed by atoms with Gasteiger partial charge in [-0.3, -0.25) is 4.79 Å². The van der Waals surface area contributed by atoms with Crippen molar-refractivity contribution in [3.63, 3.8) is 0 Å². The molecule has 1 aromatic rings. The zero-order valence-electron chi connectivity index (χ0n) is 11.7. The Hall–Kier alpha value is -2.30. The Morgan fingerprint density at radius 2 is 2.15 bits per heavy atom. The van der Waals surface area contributed by atoms with Crippen molar-refractivity contribution in [3.05, 3.63) is 35.9 Å². The summed E-state index contributed by atoms with van der Waals surface area (Å²) < 4.78 is 0. The summed E-state index contributed by atoms with van der Waals surface area (Å²) in [7, 11) is 0. The second-order valence-electron chi connectivity index (χ2n) is 4.71. The van der Waals surface area contributed by atoms with E-state index in [9.17, 15) is 9.59 Å². The first kappa shape index (κ1) is 15.8. The number of nitrogens with one attached hydrogen (secondary N) is 1. The molecular formula is C15H20N2O3. The molecule has 20 heavy (non-hydrogen) atoms. The van der Waals surface area contributed by atoms with Crippen LogP contribution in [-0.2, 0) is 9.59 Å². The number of rotatable bonds is 6. The molecule has 1 rings (SSSR count). The Balaban J connectivity index is 2.68. The third kappa shape index (κ3) is 4.76. The number of aliphatic carboxylic acids is 1. The van der Waals surface area contributed by atoms with E-state index in [1.165, 1.54) is 6.08 Å². The Morgan fingerprint density at radius 1 is 1.45 bits per heavy atom. The molecule has 0 fully saturated rings. The number of carbonyl (C=O) groups excluding carboxylic acids is 1. The van der Waals surface area contributed by atoms with Gasteiger partial charge in [0.1, 0.15) is 6.04 Å². The molecule has 0 saturated carbocycles. The van der Waals surface area contributed by atoms with E-state index in [1.54, 1.807) is 31.2 Å². The van der Waals surface area contributed by atoms with Crippen LogP contribution in [0.2, 0.25) is 0 Å². The van der Waals surface area contributed by atoms with Gasteiger partial charge in [0.05, 0.1) is 0 Å². The predicted molar refractivity (Wildman–Crippen MR) is 78.9 cm³/mol. The molecular weight excluding hydrogens is 256 g/mol. The number of carbonyl (C=O) groups is 2. The second-order valence-corrected chi connectivity index (χ2v) is 4.71. The monoisotopic (exact) mass is 276 g/mol. The number of carboxylic acid groups (broad SMARTS) is 1. The fraction of sp³-hybridized carbons (Fsp3) is 0.333. The van der Waals surface area contributed by atoms with Crippen molar-refractivity contribution >= 4 is 23.6 Å². The summed E-state index contributed by atoms with van der Waals surface area (Å²) in [5.41, 5.74) is 7.03. The van der Waals surface area contributed by atoms with Gasteiger partial charge in [0, 0.05) is 11.8 Å². The highest BCUT2D eigenvalue weighted by molar-refractivity contribution is 5.94. The molecule has 0 bridgehead atoms. The lowest BCUT2D eigenvalue weighted by molar-refractivity contribution is -0.142. The molecule has 1 amide bonds. The summed E-state index contributed by atoms with van der Waals surface area (Å²) in [6.07, 6.45) is 3.59. The van der Waals surface area contributed by atoms with Gasteiger partial charge in [-0.2, -0.15) is 0 Å². The van der Waals surface area contributed by atoms with Gasteiger partial charge < -0.3 is 16.2 Å². The maximum atomic E-state index is 11.7. The van der Waals surface area contributed by atoms with Crippen molar-refractivity contribution in [3.8, 4) is 0 Å². The predicted octanol–water partition coefficient (Wildman–Crippen LogP) is 1.90. The van der Waals surface area contributed by atoms with Gasteiger partial charge in [-0.15, -0.1) is 0 Å². The van der Waals surface area contributed by atoms with Crippen LogP contribution >= 0.6 is 0 Å². The number of anilines is 1. The molecule has 0 spiro atoms. The van der Waals surface area contributed by atoms with Crippen molar-refractivity contribution in [2.75, 3.05) is 5.73 Å².